The number of hydrogen-bond acceptors (Lipinski definition) is 1. The first kappa shape index (κ1) is 8.79. The molecule has 0 aliphatic heterocycles. The molecule has 0 heterocycles. The van der Waals surface area contributed by atoms with Crippen molar-refractivity contribution in [1.82, 2.24) is 0 Å². The molecular weight excluding hydrogens is 136 g/mol. The van der Waals surface area contributed by atoms with Crippen LogP contribution >= 0.6 is 0 Å². The standard InChI is InChI=1S/C10H18O/c1-8-6-9(4-5-11)10(2,3)7-8/h7,9,11H,4-6H2,1-3H3. The molecule has 0 aromatic heterocycles. The fourth-order valence-electron chi connectivity index (χ4n) is 2.09. The predicted octanol–water partition coefficient (Wildman–Crippen LogP) is 2.36. The van der Waals surface area contributed by atoms with Crippen molar-refractivity contribution in [2.24, 2.45) is 11.3 Å². The third-order valence-electron chi connectivity index (χ3n) is 2.72. The van der Waals surface area contributed by atoms with Crippen LogP contribution in [0.4, 0.5) is 0 Å². The zero-order valence-electron chi connectivity index (χ0n) is 7.72. The average molecular weight is 154 g/mol. The van der Waals surface area contributed by atoms with Crippen LogP contribution in [-0.2, 0) is 0 Å². The minimum atomic E-state index is 0.312. The largest absolute Gasteiger partial charge is 0.396 e. The van der Waals surface area contributed by atoms with Crippen molar-refractivity contribution in [2.45, 2.75) is 33.6 Å². The van der Waals surface area contributed by atoms with Gasteiger partial charge in [0.2, 0.25) is 0 Å². The molecule has 0 radical (unpaired) electrons. The van der Waals surface area contributed by atoms with Crippen molar-refractivity contribution in [1.29, 1.82) is 0 Å². The summed E-state index contributed by atoms with van der Waals surface area (Å²) in [6.07, 6.45) is 4.46. The van der Waals surface area contributed by atoms with Gasteiger partial charge in [0.15, 0.2) is 0 Å². The van der Waals surface area contributed by atoms with Crippen LogP contribution in [0, 0.1) is 11.3 Å². The van der Waals surface area contributed by atoms with Gasteiger partial charge in [-0.3, -0.25) is 0 Å². The van der Waals surface area contributed by atoms with Crippen molar-refractivity contribution < 1.29 is 5.11 Å². The minimum Gasteiger partial charge on any atom is -0.396 e. The molecule has 0 aromatic rings. The van der Waals surface area contributed by atoms with Gasteiger partial charge in [0.05, 0.1) is 0 Å². The van der Waals surface area contributed by atoms with Crippen LogP contribution in [0.5, 0.6) is 0 Å². The third-order valence-corrected chi connectivity index (χ3v) is 2.72. The van der Waals surface area contributed by atoms with E-state index < -0.39 is 0 Å². The lowest BCUT2D eigenvalue weighted by atomic mass is 9.80. The smallest absolute Gasteiger partial charge is 0.0434 e. The van der Waals surface area contributed by atoms with Gasteiger partial charge in [0.25, 0.3) is 0 Å². The molecule has 0 amide bonds. The first-order chi connectivity index (χ1) is 5.06. The summed E-state index contributed by atoms with van der Waals surface area (Å²) in [5.41, 5.74) is 1.79. The maximum Gasteiger partial charge on any atom is 0.0434 e. The number of rotatable bonds is 2. The molecular formula is C10H18O. The Kier molecular flexibility index (Phi) is 2.38. The highest BCUT2D eigenvalue weighted by molar-refractivity contribution is 5.15. The number of aliphatic hydroxyl groups excluding tert-OH is 1. The molecule has 0 fully saturated rings. The van der Waals surface area contributed by atoms with Crippen LogP contribution in [0.25, 0.3) is 0 Å². The van der Waals surface area contributed by atoms with Crippen LogP contribution in [0.15, 0.2) is 11.6 Å². The minimum absolute atomic E-state index is 0.312. The summed E-state index contributed by atoms with van der Waals surface area (Å²) < 4.78 is 0. The molecule has 1 heteroatoms. The van der Waals surface area contributed by atoms with Crippen molar-refractivity contribution in [2.75, 3.05) is 6.61 Å². The first-order valence-corrected chi connectivity index (χ1v) is 4.35. The van der Waals surface area contributed by atoms with Gasteiger partial charge in [0, 0.05) is 6.61 Å². The molecule has 64 valence electrons. The first-order valence-electron chi connectivity index (χ1n) is 4.35. The monoisotopic (exact) mass is 154 g/mol. The Morgan fingerprint density at radius 2 is 2.27 bits per heavy atom. The van der Waals surface area contributed by atoms with E-state index in [9.17, 15) is 0 Å². The molecule has 1 aliphatic rings. The fraction of sp³-hybridized carbons (Fsp3) is 0.800. The molecule has 1 aliphatic carbocycles. The summed E-state index contributed by atoms with van der Waals surface area (Å²) in [6.45, 7) is 7.02. The summed E-state index contributed by atoms with van der Waals surface area (Å²) in [6, 6.07) is 0. The zero-order chi connectivity index (χ0) is 8.48. The second-order valence-electron chi connectivity index (χ2n) is 4.23. The molecule has 1 unspecified atom stereocenters. The second kappa shape index (κ2) is 2.98. The third kappa shape index (κ3) is 1.84. The molecule has 1 N–H and O–H groups in total. The highest BCUT2D eigenvalue weighted by Gasteiger charge is 2.31. The lowest BCUT2D eigenvalue weighted by molar-refractivity contribution is 0.207. The van der Waals surface area contributed by atoms with E-state index in [0.29, 0.717) is 17.9 Å². The SMILES string of the molecule is CC1=CC(C)(C)C(CCO)C1. The van der Waals surface area contributed by atoms with Crippen LogP contribution in [-0.4, -0.2) is 11.7 Å². The van der Waals surface area contributed by atoms with E-state index >= 15 is 0 Å². The van der Waals surface area contributed by atoms with E-state index in [4.69, 9.17) is 5.11 Å². The van der Waals surface area contributed by atoms with Crippen LogP contribution in [0.1, 0.15) is 33.6 Å². The number of hydrogen-bond donors (Lipinski definition) is 1. The molecule has 0 saturated carbocycles. The Morgan fingerprint density at radius 3 is 2.64 bits per heavy atom. The average Bonchev–Trinajstić information content (AvgIpc) is 2.07. The van der Waals surface area contributed by atoms with E-state index in [-0.39, 0.29) is 0 Å². The van der Waals surface area contributed by atoms with Crippen molar-refractivity contribution >= 4 is 0 Å². The normalized spacial score (nSPS) is 28.7. The summed E-state index contributed by atoms with van der Waals surface area (Å²) >= 11 is 0. The highest BCUT2D eigenvalue weighted by atomic mass is 16.3. The van der Waals surface area contributed by atoms with Gasteiger partial charge in [-0.15, -0.1) is 0 Å². The van der Waals surface area contributed by atoms with Crippen molar-refractivity contribution in [3.63, 3.8) is 0 Å². The van der Waals surface area contributed by atoms with E-state index in [1.165, 1.54) is 12.0 Å². The maximum absolute atomic E-state index is 8.82. The Balaban J connectivity index is 2.60. The van der Waals surface area contributed by atoms with Gasteiger partial charge < -0.3 is 5.11 Å². The molecule has 0 bridgehead atoms. The van der Waals surface area contributed by atoms with E-state index in [1.807, 2.05) is 0 Å². The second-order valence-corrected chi connectivity index (χ2v) is 4.23. The summed E-state index contributed by atoms with van der Waals surface area (Å²) in [5.74, 6) is 0.660. The van der Waals surface area contributed by atoms with Crippen molar-refractivity contribution in [3.05, 3.63) is 11.6 Å². The topological polar surface area (TPSA) is 20.2 Å². The molecule has 0 spiro atoms. The maximum atomic E-state index is 8.82. The number of aliphatic hydroxyl groups is 1. The Morgan fingerprint density at radius 1 is 1.64 bits per heavy atom. The molecule has 1 atom stereocenters. The molecule has 0 aromatic carbocycles. The van der Waals surface area contributed by atoms with E-state index in [0.717, 1.165) is 6.42 Å². The van der Waals surface area contributed by atoms with Gasteiger partial charge in [-0.25, -0.2) is 0 Å². The van der Waals surface area contributed by atoms with Gasteiger partial charge in [-0.05, 0) is 31.1 Å². The van der Waals surface area contributed by atoms with Gasteiger partial charge in [0.1, 0.15) is 0 Å². The Labute approximate surface area is 69.1 Å². The van der Waals surface area contributed by atoms with Crippen LogP contribution in [0.3, 0.4) is 0 Å². The zero-order valence-corrected chi connectivity index (χ0v) is 7.72. The lowest BCUT2D eigenvalue weighted by Crippen LogP contribution is -2.18. The molecule has 1 rings (SSSR count). The highest BCUT2D eigenvalue weighted by Crippen LogP contribution is 2.42. The Hall–Kier alpha value is -0.300. The summed E-state index contributed by atoms with van der Waals surface area (Å²) in [7, 11) is 0. The van der Waals surface area contributed by atoms with Crippen molar-refractivity contribution in [3.8, 4) is 0 Å². The van der Waals surface area contributed by atoms with Gasteiger partial charge in [-0.2, -0.15) is 0 Å². The predicted molar refractivity (Wildman–Crippen MR) is 47.3 cm³/mol. The van der Waals surface area contributed by atoms with Crippen LogP contribution in [0.2, 0.25) is 0 Å². The Bertz CT molecular complexity index is 168. The quantitative estimate of drug-likeness (QED) is 0.605. The lowest BCUT2D eigenvalue weighted by Gasteiger charge is -2.25. The van der Waals surface area contributed by atoms with Gasteiger partial charge in [-0.1, -0.05) is 25.5 Å². The fourth-order valence-corrected chi connectivity index (χ4v) is 2.09. The molecule has 11 heavy (non-hydrogen) atoms. The molecule has 0 saturated heterocycles. The van der Waals surface area contributed by atoms with Gasteiger partial charge >= 0.3 is 0 Å². The summed E-state index contributed by atoms with van der Waals surface area (Å²) in [4.78, 5) is 0. The van der Waals surface area contributed by atoms with Crippen LogP contribution < -0.4 is 0 Å². The van der Waals surface area contributed by atoms with E-state index in [1.54, 1.807) is 0 Å². The van der Waals surface area contributed by atoms with E-state index in [2.05, 4.69) is 26.8 Å². The summed E-state index contributed by atoms with van der Waals surface area (Å²) in [5, 5.41) is 8.82. The molecule has 1 nitrogen and oxygen atoms in total. The number of allylic oxidation sites excluding steroid dienone is 2.